The highest BCUT2D eigenvalue weighted by atomic mass is 16.4. The number of carboxylic acids is 1. The zero-order valence-corrected chi connectivity index (χ0v) is 5.55. The third kappa shape index (κ3) is 1.15. The van der Waals surface area contributed by atoms with Crippen LogP contribution in [0.5, 0.6) is 0 Å². The third-order valence-corrected chi connectivity index (χ3v) is 1.18. The number of carbonyl (C=O) groups excluding carboxylic acids is 1. The van der Waals surface area contributed by atoms with Crippen LogP contribution in [0.3, 0.4) is 0 Å². The lowest BCUT2D eigenvalue weighted by Gasteiger charge is -1.93. The van der Waals surface area contributed by atoms with E-state index in [0.29, 0.717) is 12.2 Å². The fourth-order valence-corrected chi connectivity index (χ4v) is 0.646. The van der Waals surface area contributed by atoms with Crippen molar-refractivity contribution in [1.82, 2.24) is 9.97 Å². The second-order valence-electron chi connectivity index (χ2n) is 1.88. The van der Waals surface area contributed by atoms with Crippen molar-refractivity contribution in [3.63, 3.8) is 0 Å². The maximum atomic E-state index is 10.1. The first-order valence-electron chi connectivity index (χ1n) is 2.99. The molecule has 1 aromatic rings. The number of nitrogens with one attached hydrogen (secondary N) is 1. The van der Waals surface area contributed by atoms with Crippen molar-refractivity contribution >= 4 is 5.97 Å². The third-order valence-electron chi connectivity index (χ3n) is 1.18. The van der Waals surface area contributed by atoms with E-state index in [1.807, 2.05) is 6.92 Å². The molecule has 4 nitrogen and oxygen atoms in total. The molecular formula is C6H7N2O2-. The number of aryl methyl sites for hydroxylation is 1. The molecule has 0 atom stereocenters. The van der Waals surface area contributed by atoms with Crippen molar-refractivity contribution < 1.29 is 9.90 Å². The van der Waals surface area contributed by atoms with Gasteiger partial charge in [0.15, 0.2) is 0 Å². The number of hydrogen-bond acceptors (Lipinski definition) is 3. The van der Waals surface area contributed by atoms with Gasteiger partial charge in [0.05, 0.1) is 17.9 Å². The van der Waals surface area contributed by atoms with Crippen LogP contribution in [0, 0.1) is 0 Å². The summed E-state index contributed by atoms with van der Waals surface area (Å²) in [6, 6.07) is 0. The summed E-state index contributed by atoms with van der Waals surface area (Å²) in [7, 11) is 0. The molecule has 1 aromatic heterocycles. The summed E-state index contributed by atoms with van der Waals surface area (Å²) in [5, 5.41) is 10.1. The number of aromatic carboxylic acids is 1. The number of carbonyl (C=O) groups is 1. The van der Waals surface area contributed by atoms with Crippen molar-refractivity contribution in [1.29, 1.82) is 0 Å². The summed E-state index contributed by atoms with van der Waals surface area (Å²) in [4.78, 5) is 16.5. The van der Waals surface area contributed by atoms with E-state index in [1.165, 1.54) is 6.20 Å². The number of aromatic nitrogens is 2. The van der Waals surface area contributed by atoms with E-state index >= 15 is 0 Å². The molecular weight excluding hydrogens is 132 g/mol. The smallest absolute Gasteiger partial charge is 0.106 e. The molecule has 0 saturated heterocycles. The minimum atomic E-state index is -1.22. The number of H-pyrrole nitrogens is 1. The van der Waals surface area contributed by atoms with Crippen LogP contribution in [0.2, 0.25) is 0 Å². The number of nitrogens with zero attached hydrogens (tertiary/aromatic N) is 1. The van der Waals surface area contributed by atoms with E-state index in [9.17, 15) is 9.90 Å². The number of rotatable bonds is 2. The van der Waals surface area contributed by atoms with Gasteiger partial charge in [-0.05, 0) is 0 Å². The van der Waals surface area contributed by atoms with Gasteiger partial charge in [-0.15, -0.1) is 0 Å². The van der Waals surface area contributed by atoms with E-state index in [1.54, 1.807) is 0 Å². The number of carboxylic acid groups (broad SMARTS) is 1. The Kier molecular flexibility index (Phi) is 1.71. The molecule has 0 aromatic carbocycles. The zero-order chi connectivity index (χ0) is 7.56. The van der Waals surface area contributed by atoms with Crippen LogP contribution in [-0.4, -0.2) is 15.9 Å². The maximum Gasteiger partial charge on any atom is 0.106 e. The van der Waals surface area contributed by atoms with Crippen LogP contribution in [-0.2, 0) is 6.42 Å². The van der Waals surface area contributed by atoms with Crippen molar-refractivity contribution in [3.05, 3.63) is 17.7 Å². The molecule has 0 bridgehead atoms. The van der Waals surface area contributed by atoms with Gasteiger partial charge in [-0.1, -0.05) is 6.92 Å². The molecule has 0 saturated carbocycles. The van der Waals surface area contributed by atoms with E-state index in [0.717, 1.165) is 0 Å². The van der Waals surface area contributed by atoms with Gasteiger partial charge in [0.1, 0.15) is 5.82 Å². The molecule has 4 heteroatoms. The van der Waals surface area contributed by atoms with Crippen molar-refractivity contribution in [3.8, 4) is 0 Å². The fraction of sp³-hybridized carbons (Fsp3) is 0.333. The van der Waals surface area contributed by atoms with Crippen LogP contribution < -0.4 is 5.11 Å². The molecule has 0 fully saturated rings. The first-order valence-corrected chi connectivity index (χ1v) is 2.99. The first-order chi connectivity index (χ1) is 4.74. The molecule has 0 radical (unpaired) electrons. The molecule has 0 amide bonds. The minimum Gasteiger partial charge on any atom is -0.543 e. The molecule has 0 aliphatic heterocycles. The molecule has 54 valence electrons. The minimum absolute atomic E-state index is 0.0388. The van der Waals surface area contributed by atoms with Gasteiger partial charge in [0.2, 0.25) is 0 Å². The predicted octanol–water partition coefficient (Wildman–Crippen LogP) is -0.664. The largest absolute Gasteiger partial charge is 0.543 e. The Hall–Kier alpha value is -1.32. The van der Waals surface area contributed by atoms with Crippen LogP contribution in [0.25, 0.3) is 0 Å². The average Bonchev–Trinajstić information content (AvgIpc) is 2.34. The highest BCUT2D eigenvalue weighted by Crippen LogP contribution is 1.95. The van der Waals surface area contributed by atoms with Gasteiger partial charge in [-0.3, -0.25) is 0 Å². The predicted molar refractivity (Wildman–Crippen MR) is 32.3 cm³/mol. The van der Waals surface area contributed by atoms with Gasteiger partial charge in [-0.25, -0.2) is 4.98 Å². The second-order valence-corrected chi connectivity index (χ2v) is 1.88. The number of imidazole rings is 1. The van der Waals surface area contributed by atoms with Gasteiger partial charge in [-0.2, -0.15) is 0 Å². The SMILES string of the molecule is CCc1ncc(C(=O)[O-])[nH]1. The monoisotopic (exact) mass is 139 g/mol. The van der Waals surface area contributed by atoms with Crippen molar-refractivity contribution in [2.24, 2.45) is 0 Å². The highest BCUT2D eigenvalue weighted by molar-refractivity contribution is 5.82. The van der Waals surface area contributed by atoms with Gasteiger partial charge < -0.3 is 14.9 Å². The Morgan fingerprint density at radius 2 is 2.60 bits per heavy atom. The summed E-state index contributed by atoms with van der Waals surface area (Å²) in [6.07, 6.45) is 1.96. The second kappa shape index (κ2) is 2.51. The lowest BCUT2D eigenvalue weighted by atomic mass is 10.5. The van der Waals surface area contributed by atoms with E-state index in [-0.39, 0.29) is 5.69 Å². The van der Waals surface area contributed by atoms with Crippen LogP contribution in [0.1, 0.15) is 23.2 Å². The van der Waals surface area contributed by atoms with Crippen LogP contribution in [0.15, 0.2) is 6.20 Å². The standard InChI is InChI=1S/C6H8N2O2/c1-2-5-7-3-4(8-5)6(9)10/h3H,2H2,1H3,(H,7,8)(H,9,10)/p-1. The summed E-state index contributed by atoms with van der Waals surface area (Å²) in [5.74, 6) is -0.550. The van der Waals surface area contributed by atoms with Gasteiger partial charge >= 0.3 is 0 Å². The molecule has 1 N–H and O–H groups in total. The lowest BCUT2D eigenvalue weighted by molar-refractivity contribution is -0.255. The molecule has 1 rings (SSSR count). The van der Waals surface area contributed by atoms with Crippen LogP contribution >= 0.6 is 0 Å². The summed E-state index contributed by atoms with van der Waals surface area (Å²) >= 11 is 0. The Morgan fingerprint density at radius 1 is 1.90 bits per heavy atom. The van der Waals surface area contributed by atoms with E-state index in [2.05, 4.69) is 9.97 Å². The summed E-state index contributed by atoms with van der Waals surface area (Å²) < 4.78 is 0. The molecule has 0 aliphatic carbocycles. The number of aromatic amines is 1. The zero-order valence-electron chi connectivity index (χ0n) is 5.55. The van der Waals surface area contributed by atoms with Crippen LogP contribution in [0.4, 0.5) is 0 Å². The molecule has 1 heterocycles. The lowest BCUT2D eigenvalue weighted by Crippen LogP contribution is -2.22. The number of hydrogen-bond donors (Lipinski definition) is 1. The van der Waals surface area contributed by atoms with E-state index < -0.39 is 5.97 Å². The Bertz CT molecular complexity index is 242. The molecule has 0 spiro atoms. The summed E-state index contributed by atoms with van der Waals surface area (Å²) in [6.45, 7) is 1.89. The first kappa shape index (κ1) is 6.80. The maximum absolute atomic E-state index is 10.1. The molecule has 10 heavy (non-hydrogen) atoms. The van der Waals surface area contributed by atoms with Crippen molar-refractivity contribution in [2.45, 2.75) is 13.3 Å². The molecule has 0 aliphatic rings. The normalized spacial score (nSPS) is 9.70. The van der Waals surface area contributed by atoms with E-state index in [4.69, 9.17) is 0 Å². The Morgan fingerprint density at radius 3 is 2.90 bits per heavy atom. The van der Waals surface area contributed by atoms with Gasteiger partial charge in [0.25, 0.3) is 0 Å². The quantitative estimate of drug-likeness (QED) is 0.591. The topological polar surface area (TPSA) is 68.8 Å². The fourth-order valence-electron chi connectivity index (χ4n) is 0.646. The Balaban J connectivity index is 2.88. The van der Waals surface area contributed by atoms with Gasteiger partial charge in [0, 0.05) is 6.42 Å². The van der Waals surface area contributed by atoms with Crippen molar-refractivity contribution in [2.75, 3.05) is 0 Å². The highest BCUT2D eigenvalue weighted by Gasteiger charge is 1.96. The Labute approximate surface area is 57.9 Å². The molecule has 0 unspecified atom stereocenters. The summed E-state index contributed by atoms with van der Waals surface area (Å²) in [5.41, 5.74) is 0.0388. The average molecular weight is 139 g/mol.